The Morgan fingerprint density at radius 1 is 0.740 bits per heavy atom. The first-order chi connectivity index (χ1) is 25.0. The molecule has 0 aromatic heterocycles. The van der Waals surface area contributed by atoms with Crippen LogP contribution in [0.15, 0.2) is 0 Å². The maximum Gasteiger partial charge on any atom is 0.309 e. The van der Waals surface area contributed by atoms with E-state index in [1.807, 2.05) is 0 Å². The molecule has 1 fully saturated rings. The Morgan fingerprint density at radius 2 is 1.18 bits per heavy atom. The van der Waals surface area contributed by atoms with Crippen molar-refractivity contribution < 1.29 is 64.1 Å². The minimum Gasteiger partial charge on any atom is -0.481 e. The van der Waals surface area contributed by atoms with Crippen molar-refractivity contribution in [3.63, 3.8) is 0 Å². The van der Waals surface area contributed by atoms with Gasteiger partial charge in [0.05, 0.1) is 63.7 Å². The van der Waals surface area contributed by atoms with E-state index in [4.69, 9.17) is 23.2 Å². The highest BCUT2D eigenvalue weighted by atomic mass is 16.5. The highest BCUT2D eigenvalue weighted by molar-refractivity contribution is 6.02. The van der Waals surface area contributed by atoms with Crippen molar-refractivity contribution >= 4 is 41.5 Å². The minimum atomic E-state index is -1.15. The van der Waals surface area contributed by atoms with Crippen LogP contribution in [0.1, 0.15) is 74.0 Å². The van der Waals surface area contributed by atoms with Crippen LogP contribution in [0.3, 0.4) is 0 Å². The standard InChI is InChI=1S/C33H56N4O13/c1-32(2,30(43)44)10-7-25(38)34-12-17-47-21-23-49-19-15-36(27(40)9-14-37-28(41)5-6-29(37)42)16-20-50-24-22-48-18-13-35-26(39)8-11-33(3,4)31(45)46/h5-24H2,1-4H3,(H,34,38)(H,35,39)(H,43,44)(H,45,46)/i5T/hD2. The maximum absolute atomic E-state index is 13.0. The van der Waals surface area contributed by atoms with Crippen molar-refractivity contribution in [1.82, 2.24) is 20.4 Å². The van der Waals surface area contributed by atoms with Gasteiger partial charge in [0.2, 0.25) is 29.5 Å². The molecular formula is C33H56N4O13. The number of imide groups is 1. The van der Waals surface area contributed by atoms with Crippen LogP contribution in [-0.4, -0.2) is 147 Å². The zero-order valence-corrected chi connectivity index (χ0v) is 29.7. The van der Waals surface area contributed by atoms with Crippen LogP contribution in [0.25, 0.3) is 2.86 Å². The number of amides is 5. The van der Waals surface area contributed by atoms with Gasteiger partial charge in [0, 0.05) is 66.2 Å². The summed E-state index contributed by atoms with van der Waals surface area (Å²) in [6.07, 6.45) is -0.828. The van der Waals surface area contributed by atoms with Gasteiger partial charge in [-0.1, -0.05) is 0 Å². The Labute approximate surface area is 298 Å². The van der Waals surface area contributed by atoms with Crippen LogP contribution >= 0.6 is 0 Å². The van der Waals surface area contributed by atoms with Crippen molar-refractivity contribution in [1.29, 1.82) is 2.86 Å². The summed E-state index contributed by atoms with van der Waals surface area (Å²) in [6, 6.07) is 0. The number of ether oxygens (including phenoxy) is 4. The van der Waals surface area contributed by atoms with Crippen LogP contribution in [0.4, 0.5) is 0 Å². The van der Waals surface area contributed by atoms with E-state index in [2.05, 4.69) is 20.9 Å². The van der Waals surface area contributed by atoms with Gasteiger partial charge in [-0.05, 0) is 40.5 Å². The number of rotatable bonds is 29. The van der Waals surface area contributed by atoms with Gasteiger partial charge in [-0.25, -0.2) is 0 Å². The van der Waals surface area contributed by atoms with Crippen LogP contribution < -0.4 is 10.6 Å². The first-order valence-corrected chi connectivity index (χ1v) is 16.8. The quantitative estimate of drug-likeness (QED) is 0.0608. The molecular weight excluding hydrogens is 660 g/mol. The smallest absolute Gasteiger partial charge is 0.309 e. The number of carbonyl (C=O) groups excluding carboxylic acids is 5. The molecule has 17 nitrogen and oxygen atoms in total. The Hall–Kier alpha value is -3.67. The van der Waals surface area contributed by atoms with Crippen molar-refractivity contribution in [2.45, 2.75) is 72.6 Å². The van der Waals surface area contributed by atoms with E-state index in [0.717, 1.165) is 4.90 Å². The number of aliphatic carboxylic acids is 2. The molecule has 1 heterocycles. The molecule has 50 heavy (non-hydrogen) atoms. The number of carboxylic acids is 2. The molecule has 0 aromatic carbocycles. The van der Waals surface area contributed by atoms with E-state index in [9.17, 15) is 33.6 Å². The van der Waals surface area contributed by atoms with E-state index in [1.165, 1.54) is 4.90 Å². The summed E-state index contributed by atoms with van der Waals surface area (Å²) in [6.45, 7) is 8.85. The Morgan fingerprint density at radius 3 is 1.58 bits per heavy atom. The molecule has 0 spiro atoms. The normalized spacial score (nSPS) is 15.6. The molecule has 0 radical (unpaired) electrons. The number of nitrogens with zero attached hydrogens (tertiary/aromatic N) is 2. The van der Waals surface area contributed by atoms with Gasteiger partial charge in [0.1, 0.15) is 0 Å². The van der Waals surface area contributed by atoms with E-state index in [1.54, 1.807) is 27.7 Å². The van der Waals surface area contributed by atoms with Crippen molar-refractivity contribution in [2.75, 3.05) is 85.6 Å². The van der Waals surface area contributed by atoms with Crippen LogP contribution in [-0.2, 0) is 52.5 Å². The molecule has 1 atom stereocenters. The Balaban J connectivity index is 2.34. The van der Waals surface area contributed by atoms with Gasteiger partial charge < -0.3 is 44.7 Å². The summed E-state index contributed by atoms with van der Waals surface area (Å²) >= 11 is 0. The number of likely N-dealkylation sites (tertiary alicyclic amines) is 1. The number of hydrogen-bond acceptors (Lipinski definition) is 13. The fourth-order valence-electron chi connectivity index (χ4n) is 4.23. The lowest BCUT2D eigenvalue weighted by Crippen LogP contribution is -2.40. The largest absolute Gasteiger partial charge is 0.481 e. The SMILES string of the molecule is [2H]OC(=O)C(C)(C)CCC(=O)NCCOCCOCCN(CCOCCOCCNC(=O)CCC(C)(C)C(=O)O[2H])C(=O)CCN1C(=O)CC([3H])C1=O. The summed E-state index contributed by atoms with van der Waals surface area (Å²) < 4.78 is 43.2. The molecule has 0 aliphatic carbocycles. The molecule has 5 amide bonds. The monoisotopic (exact) mass is 720 g/mol. The van der Waals surface area contributed by atoms with Crippen LogP contribution in [0, 0.1) is 10.8 Å². The second kappa shape index (κ2) is 23.7. The van der Waals surface area contributed by atoms with E-state index in [0.29, 0.717) is 0 Å². The summed E-state index contributed by atoms with van der Waals surface area (Å²) in [5.74, 6) is -3.37. The van der Waals surface area contributed by atoms with Gasteiger partial charge in [0.25, 0.3) is 2.86 Å². The van der Waals surface area contributed by atoms with Crippen LogP contribution in [0.2, 0.25) is 0 Å². The highest BCUT2D eigenvalue weighted by Crippen LogP contribution is 2.23. The molecule has 1 unspecified atom stereocenters. The predicted molar refractivity (Wildman–Crippen MR) is 178 cm³/mol. The molecule has 0 saturated carbocycles. The van der Waals surface area contributed by atoms with Crippen molar-refractivity contribution in [2.24, 2.45) is 10.8 Å². The summed E-state index contributed by atoms with van der Waals surface area (Å²) in [5, 5.41) is 13.4. The molecule has 1 aliphatic rings. The first kappa shape index (κ1) is 39.1. The summed E-state index contributed by atoms with van der Waals surface area (Å²) in [7, 11) is 0. The van der Waals surface area contributed by atoms with E-state index in [-0.39, 0.29) is 142 Å². The molecule has 1 rings (SSSR count). The number of carbonyl (C=O) groups is 7. The second-order valence-corrected chi connectivity index (χ2v) is 12.9. The molecule has 1 aliphatic heterocycles. The highest BCUT2D eigenvalue weighted by Gasteiger charge is 2.30. The lowest BCUT2D eigenvalue weighted by Gasteiger charge is -2.24. The fraction of sp³-hybridized carbons (Fsp3) is 0.788. The predicted octanol–water partition coefficient (Wildman–Crippen LogP) is 0.435. The molecule has 4 N–H and O–H groups in total. The minimum absolute atomic E-state index is 0.0906. The second-order valence-electron chi connectivity index (χ2n) is 12.9. The average molecular weight is 721 g/mol. The third-order valence-electron chi connectivity index (χ3n) is 7.87. The van der Waals surface area contributed by atoms with Crippen molar-refractivity contribution in [3.8, 4) is 0 Å². The Kier molecular flexibility index (Phi) is 18.5. The fourth-order valence-corrected chi connectivity index (χ4v) is 4.23. The molecule has 286 valence electrons. The Bertz CT molecular complexity index is 1150. The van der Waals surface area contributed by atoms with Gasteiger partial charge in [-0.3, -0.25) is 38.5 Å². The van der Waals surface area contributed by atoms with Gasteiger partial charge in [-0.15, -0.1) is 0 Å². The third-order valence-corrected chi connectivity index (χ3v) is 7.87. The lowest BCUT2D eigenvalue weighted by atomic mass is 9.88. The van der Waals surface area contributed by atoms with Crippen molar-refractivity contribution in [3.05, 3.63) is 0 Å². The molecule has 0 bridgehead atoms. The summed E-state index contributed by atoms with van der Waals surface area (Å²) in [5.41, 5.74) is -1.89. The number of carboxylic acid groups (broad SMARTS) is 2. The van der Waals surface area contributed by atoms with E-state index >= 15 is 0 Å². The lowest BCUT2D eigenvalue weighted by molar-refractivity contribution is -0.148. The third kappa shape index (κ3) is 18.9. The van der Waals surface area contributed by atoms with Gasteiger partial charge >= 0.3 is 11.9 Å². The van der Waals surface area contributed by atoms with E-state index < -0.39 is 41.0 Å². The number of hydrogen-bond donors (Lipinski definition) is 4. The molecule has 0 aromatic rings. The number of nitrogens with one attached hydrogen (secondary N) is 2. The first-order valence-electron chi connectivity index (χ1n) is 18.2. The van der Waals surface area contributed by atoms with Gasteiger partial charge in [0.15, 0.2) is 0 Å². The van der Waals surface area contributed by atoms with Crippen LogP contribution in [0.5, 0.6) is 0 Å². The maximum atomic E-state index is 13.0. The topological polar surface area (TPSA) is 227 Å². The van der Waals surface area contributed by atoms with Gasteiger partial charge in [-0.2, -0.15) is 0 Å². The molecule has 1 saturated heterocycles. The summed E-state index contributed by atoms with van der Waals surface area (Å²) in [4.78, 5) is 86.7. The molecule has 17 heteroatoms. The average Bonchev–Trinajstić information content (AvgIpc) is 3.37. The zero-order valence-electron chi connectivity index (χ0n) is 32.7. The zero-order chi connectivity index (χ0) is 39.9.